The highest BCUT2D eigenvalue weighted by molar-refractivity contribution is 7.11. The molecule has 0 unspecified atom stereocenters. The van der Waals surface area contributed by atoms with Crippen molar-refractivity contribution in [1.82, 2.24) is 10.9 Å². The van der Waals surface area contributed by atoms with Gasteiger partial charge in [-0.05, 0) is 48.6 Å². The molecular weight excluding hydrogens is 312 g/mol. The molecule has 0 fully saturated rings. The highest BCUT2D eigenvalue weighted by Gasteiger charge is 2.05. The summed E-state index contributed by atoms with van der Waals surface area (Å²) in [5.74, 6) is -0.189. The van der Waals surface area contributed by atoms with Crippen LogP contribution in [0.5, 0.6) is 5.75 Å². The summed E-state index contributed by atoms with van der Waals surface area (Å²) in [5, 5.41) is 1.96. The molecule has 2 amide bonds. The van der Waals surface area contributed by atoms with Crippen LogP contribution in [0.25, 0.3) is 6.08 Å². The fraction of sp³-hybridized carbons (Fsp3) is 0.176. The van der Waals surface area contributed by atoms with Crippen molar-refractivity contribution < 1.29 is 14.3 Å². The van der Waals surface area contributed by atoms with E-state index in [-0.39, 0.29) is 6.61 Å². The van der Waals surface area contributed by atoms with Crippen molar-refractivity contribution in [2.75, 3.05) is 6.61 Å². The lowest BCUT2D eigenvalue weighted by Crippen LogP contribution is -2.43. The molecule has 0 radical (unpaired) electrons. The van der Waals surface area contributed by atoms with Gasteiger partial charge in [-0.25, -0.2) is 0 Å². The number of amides is 2. The maximum atomic E-state index is 11.6. The zero-order valence-electron chi connectivity index (χ0n) is 13.0. The maximum absolute atomic E-state index is 11.6. The number of rotatable bonds is 5. The number of hydrogen-bond donors (Lipinski definition) is 2. The predicted molar refractivity (Wildman–Crippen MR) is 91.0 cm³/mol. The SMILES string of the molecule is Cc1ccccc1OCC(=O)NNC(=O)/C=C/c1sccc1C. The largest absolute Gasteiger partial charge is 0.483 e. The highest BCUT2D eigenvalue weighted by atomic mass is 32.1. The van der Waals surface area contributed by atoms with Crippen molar-refractivity contribution in [2.24, 2.45) is 0 Å². The van der Waals surface area contributed by atoms with Crippen molar-refractivity contribution in [3.8, 4) is 5.75 Å². The third-order valence-corrected chi connectivity index (χ3v) is 4.05. The molecule has 120 valence electrons. The van der Waals surface area contributed by atoms with Gasteiger partial charge in [-0.15, -0.1) is 11.3 Å². The van der Waals surface area contributed by atoms with Gasteiger partial charge in [0.25, 0.3) is 11.8 Å². The quantitative estimate of drug-likeness (QED) is 0.654. The van der Waals surface area contributed by atoms with E-state index in [1.807, 2.05) is 43.5 Å². The number of para-hydroxylation sites is 1. The molecule has 2 aromatic rings. The first kappa shape index (κ1) is 16.8. The Kier molecular flexibility index (Phi) is 5.94. The van der Waals surface area contributed by atoms with Crippen LogP contribution < -0.4 is 15.6 Å². The number of nitrogens with one attached hydrogen (secondary N) is 2. The van der Waals surface area contributed by atoms with Gasteiger partial charge in [0, 0.05) is 11.0 Å². The van der Waals surface area contributed by atoms with Crippen molar-refractivity contribution >= 4 is 29.2 Å². The van der Waals surface area contributed by atoms with E-state index in [0.29, 0.717) is 5.75 Å². The normalized spacial score (nSPS) is 10.5. The number of aryl methyl sites for hydroxylation is 2. The third kappa shape index (κ3) is 5.27. The highest BCUT2D eigenvalue weighted by Crippen LogP contribution is 2.17. The van der Waals surface area contributed by atoms with Crippen LogP contribution in [0.2, 0.25) is 0 Å². The molecule has 23 heavy (non-hydrogen) atoms. The minimum Gasteiger partial charge on any atom is -0.483 e. The van der Waals surface area contributed by atoms with Crippen molar-refractivity contribution in [1.29, 1.82) is 0 Å². The molecule has 0 saturated heterocycles. The minimum atomic E-state index is -0.428. The fourth-order valence-corrected chi connectivity index (χ4v) is 2.60. The lowest BCUT2D eigenvalue weighted by molar-refractivity contribution is -0.128. The molecule has 2 rings (SSSR count). The first-order chi connectivity index (χ1) is 11.1. The van der Waals surface area contributed by atoms with Gasteiger partial charge in [-0.1, -0.05) is 18.2 Å². The third-order valence-electron chi connectivity index (χ3n) is 3.07. The van der Waals surface area contributed by atoms with Crippen LogP contribution >= 0.6 is 11.3 Å². The van der Waals surface area contributed by atoms with E-state index in [1.165, 1.54) is 6.08 Å². The van der Waals surface area contributed by atoms with E-state index in [1.54, 1.807) is 23.5 Å². The molecule has 0 aliphatic carbocycles. The average molecular weight is 330 g/mol. The van der Waals surface area contributed by atoms with Crippen molar-refractivity contribution in [3.63, 3.8) is 0 Å². The summed E-state index contributed by atoms with van der Waals surface area (Å²) in [7, 11) is 0. The van der Waals surface area contributed by atoms with E-state index in [0.717, 1.165) is 16.0 Å². The summed E-state index contributed by atoms with van der Waals surface area (Å²) in [4.78, 5) is 24.3. The van der Waals surface area contributed by atoms with Crippen LogP contribution in [0, 0.1) is 13.8 Å². The molecule has 1 aromatic carbocycles. The molecule has 0 bridgehead atoms. The number of benzene rings is 1. The Bertz CT molecular complexity index is 722. The molecule has 1 aromatic heterocycles. The first-order valence-electron chi connectivity index (χ1n) is 7.05. The zero-order chi connectivity index (χ0) is 16.7. The number of carbonyl (C=O) groups excluding carboxylic acids is 2. The summed E-state index contributed by atoms with van der Waals surface area (Å²) >= 11 is 1.55. The van der Waals surface area contributed by atoms with Crippen LogP contribution in [0.3, 0.4) is 0 Å². The molecule has 0 saturated carbocycles. The molecule has 0 atom stereocenters. The Balaban J connectivity index is 1.74. The van der Waals surface area contributed by atoms with Gasteiger partial charge in [0.2, 0.25) is 0 Å². The zero-order valence-corrected chi connectivity index (χ0v) is 13.8. The summed E-state index contributed by atoms with van der Waals surface area (Å²) in [6.45, 7) is 3.70. The van der Waals surface area contributed by atoms with Crippen LogP contribution in [-0.2, 0) is 9.59 Å². The van der Waals surface area contributed by atoms with Crippen molar-refractivity contribution in [2.45, 2.75) is 13.8 Å². The van der Waals surface area contributed by atoms with Crippen LogP contribution in [0.4, 0.5) is 0 Å². The van der Waals surface area contributed by atoms with E-state index in [4.69, 9.17) is 4.74 Å². The molecular formula is C17H18N2O3S. The second-order valence-electron chi connectivity index (χ2n) is 4.89. The number of hydrazine groups is 1. The Hall–Kier alpha value is -2.60. The molecule has 2 N–H and O–H groups in total. The van der Waals surface area contributed by atoms with Gasteiger partial charge in [-0.2, -0.15) is 0 Å². The monoisotopic (exact) mass is 330 g/mol. The maximum Gasteiger partial charge on any atom is 0.276 e. The smallest absolute Gasteiger partial charge is 0.276 e. The topological polar surface area (TPSA) is 67.4 Å². The van der Waals surface area contributed by atoms with Gasteiger partial charge in [0.15, 0.2) is 6.61 Å². The van der Waals surface area contributed by atoms with Crippen LogP contribution in [0.1, 0.15) is 16.0 Å². The van der Waals surface area contributed by atoms with Crippen LogP contribution in [0.15, 0.2) is 41.8 Å². The van der Waals surface area contributed by atoms with Crippen LogP contribution in [-0.4, -0.2) is 18.4 Å². The lowest BCUT2D eigenvalue weighted by atomic mass is 10.2. The van der Waals surface area contributed by atoms with E-state index in [9.17, 15) is 9.59 Å². The Morgan fingerprint density at radius 2 is 1.91 bits per heavy atom. The minimum absolute atomic E-state index is 0.168. The molecule has 1 heterocycles. The van der Waals surface area contributed by atoms with Crippen molar-refractivity contribution in [3.05, 3.63) is 57.8 Å². The summed E-state index contributed by atoms with van der Waals surface area (Å²) in [5.41, 5.74) is 6.67. The lowest BCUT2D eigenvalue weighted by Gasteiger charge is -2.09. The summed E-state index contributed by atoms with van der Waals surface area (Å²) in [6, 6.07) is 9.39. The first-order valence-corrected chi connectivity index (χ1v) is 7.93. The fourth-order valence-electron chi connectivity index (χ4n) is 1.78. The van der Waals surface area contributed by atoms with Gasteiger partial charge < -0.3 is 4.74 Å². The summed E-state index contributed by atoms with van der Waals surface area (Å²) < 4.78 is 5.39. The van der Waals surface area contributed by atoms with E-state index in [2.05, 4.69) is 10.9 Å². The average Bonchev–Trinajstić information content (AvgIpc) is 2.95. The van der Waals surface area contributed by atoms with Gasteiger partial charge in [0.1, 0.15) is 5.75 Å². The molecule has 0 aliphatic heterocycles. The number of ether oxygens (including phenoxy) is 1. The number of carbonyl (C=O) groups is 2. The molecule has 0 aliphatic rings. The Labute approximate surface area is 139 Å². The van der Waals surface area contributed by atoms with E-state index < -0.39 is 11.8 Å². The van der Waals surface area contributed by atoms with Gasteiger partial charge in [0.05, 0.1) is 0 Å². The summed E-state index contributed by atoms with van der Waals surface area (Å²) in [6.07, 6.45) is 3.09. The predicted octanol–water partition coefficient (Wildman–Crippen LogP) is 2.60. The Morgan fingerprint density at radius 1 is 1.13 bits per heavy atom. The number of thiophene rings is 1. The second kappa shape index (κ2) is 8.14. The molecule has 6 heteroatoms. The molecule has 0 spiro atoms. The van der Waals surface area contributed by atoms with Gasteiger partial charge >= 0.3 is 0 Å². The standard InChI is InChI=1S/C17H18N2O3S/c1-12-5-3-4-6-14(12)22-11-17(21)19-18-16(20)8-7-15-13(2)9-10-23-15/h3-10H,11H2,1-2H3,(H,18,20)(H,19,21)/b8-7+. The Morgan fingerprint density at radius 3 is 2.61 bits per heavy atom. The van der Waals surface area contributed by atoms with Gasteiger partial charge in [-0.3, -0.25) is 20.4 Å². The second-order valence-corrected chi connectivity index (χ2v) is 5.84. The number of hydrogen-bond acceptors (Lipinski definition) is 4. The molecule has 5 nitrogen and oxygen atoms in total. The van der Waals surface area contributed by atoms with E-state index >= 15 is 0 Å².